The third-order valence-corrected chi connectivity index (χ3v) is 3.99. The molecule has 6 nitrogen and oxygen atoms in total. The molecule has 0 aliphatic rings. The van der Waals surface area contributed by atoms with Crippen molar-refractivity contribution in [2.24, 2.45) is 5.92 Å². The molecule has 0 aliphatic heterocycles. The van der Waals surface area contributed by atoms with Gasteiger partial charge in [-0.1, -0.05) is 27.4 Å². The van der Waals surface area contributed by atoms with Gasteiger partial charge in [0, 0.05) is 5.57 Å². The highest BCUT2D eigenvalue weighted by atomic mass is 32.2. The maximum absolute atomic E-state index is 11.2. The molecule has 0 saturated carbocycles. The lowest BCUT2D eigenvalue weighted by Crippen LogP contribution is -2.45. The molecular formula is C13H24O6S. The average molecular weight is 308 g/mol. The van der Waals surface area contributed by atoms with Crippen molar-refractivity contribution in [2.75, 3.05) is 19.0 Å². The minimum absolute atomic E-state index is 0.00559. The second kappa shape index (κ2) is 7.75. The fraction of sp³-hybridized carbons (Fsp3) is 0.769. The van der Waals surface area contributed by atoms with Gasteiger partial charge < -0.3 is 9.47 Å². The summed E-state index contributed by atoms with van der Waals surface area (Å²) in [5.74, 6) is -1.12. The van der Waals surface area contributed by atoms with E-state index in [1.807, 2.05) is 13.8 Å². The predicted octanol–water partition coefficient (Wildman–Crippen LogP) is 1.81. The summed E-state index contributed by atoms with van der Waals surface area (Å²) in [7, 11) is -4.15. The van der Waals surface area contributed by atoms with Crippen LogP contribution in [0.3, 0.4) is 0 Å². The lowest BCUT2D eigenvalue weighted by molar-refractivity contribution is -0.144. The van der Waals surface area contributed by atoms with E-state index in [2.05, 4.69) is 6.58 Å². The molecule has 1 unspecified atom stereocenters. The fourth-order valence-electron chi connectivity index (χ4n) is 1.80. The fourth-order valence-corrected chi connectivity index (χ4v) is 3.04. The number of esters is 1. The summed E-state index contributed by atoms with van der Waals surface area (Å²) in [6.45, 7) is 10.5. The number of hydrogen-bond donors (Lipinski definition) is 1. The van der Waals surface area contributed by atoms with Crippen molar-refractivity contribution in [1.82, 2.24) is 0 Å². The van der Waals surface area contributed by atoms with Gasteiger partial charge in [0.25, 0.3) is 10.1 Å². The summed E-state index contributed by atoms with van der Waals surface area (Å²) in [6, 6.07) is 0. The highest BCUT2D eigenvalue weighted by molar-refractivity contribution is 7.85. The second-order valence-electron chi connectivity index (χ2n) is 5.06. The molecule has 20 heavy (non-hydrogen) atoms. The maximum atomic E-state index is 11.2. The van der Waals surface area contributed by atoms with E-state index in [1.54, 1.807) is 6.92 Å². The van der Waals surface area contributed by atoms with Crippen LogP contribution < -0.4 is 0 Å². The number of hydrogen-bond acceptors (Lipinski definition) is 5. The Morgan fingerprint density at radius 3 is 2.25 bits per heavy atom. The van der Waals surface area contributed by atoms with Gasteiger partial charge in [-0.05, 0) is 19.3 Å². The van der Waals surface area contributed by atoms with Crippen molar-refractivity contribution in [2.45, 2.75) is 39.7 Å². The third kappa shape index (κ3) is 6.49. The molecule has 1 N–H and O–H groups in total. The molecule has 0 spiro atoms. The quantitative estimate of drug-likeness (QED) is 0.302. The largest absolute Gasteiger partial charge is 0.460 e. The molecule has 0 aromatic heterocycles. The summed E-state index contributed by atoms with van der Waals surface area (Å²) >= 11 is 0. The second-order valence-corrected chi connectivity index (χ2v) is 6.52. The highest BCUT2D eigenvalue weighted by Crippen LogP contribution is 2.27. The molecule has 1 atom stereocenters. The molecule has 0 radical (unpaired) electrons. The monoisotopic (exact) mass is 308 g/mol. The Labute approximate surface area is 120 Å². The summed E-state index contributed by atoms with van der Waals surface area (Å²) in [5.41, 5.74) is -0.711. The Morgan fingerprint density at radius 2 is 1.90 bits per heavy atom. The van der Waals surface area contributed by atoms with Crippen molar-refractivity contribution >= 4 is 16.1 Å². The maximum Gasteiger partial charge on any atom is 0.333 e. The van der Waals surface area contributed by atoms with E-state index in [1.165, 1.54) is 6.92 Å². The van der Waals surface area contributed by atoms with Crippen LogP contribution in [0.25, 0.3) is 0 Å². The number of rotatable bonds is 9. The predicted molar refractivity (Wildman–Crippen MR) is 76.0 cm³/mol. The van der Waals surface area contributed by atoms with Crippen LogP contribution in [0, 0.1) is 5.92 Å². The van der Waals surface area contributed by atoms with Crippen molar-refractivity contribution in [3.05, 3.63) is 12.2 Å². The zero-order valence-corrected chi connectivity index (χ0v) is 13.3. The van der Waals surface area contributed by atoms with E-state index in [4.69, 9.17) is 14.0 Å². The molecule has 0 aromatic rings. The summed E-state index contributed by atoms with van der Waals surface area (Å²) < 4.78 is 41.8. The van der Waals surface area contributed by atoms with E-state index < -0.39 is 27.4 Å². The molecule has 0 fully saturated rings. The van der Waals surface area contributed by atoms with Crippen LogP contribution in [-0.4, -0.2) is 43.5 Å². The number of carbonyl (C=O) groups is 1. The zero-order valence-electron chi connectivity index (χ0n) is 12.5. The Morgan fingerprint density at radius 1 is 1.35 bits per heavy atom. The van der Waals surface area contributed by atoms with Crippen LogP contribution in [0.2, 0.25) is 0 Å². The molecule has 7 heteroatoms. The van der Waals surface area contributed by atoms with Crippen LogP contribution in [0.1, 0.15) is 34.1 Å². The van der Waals surface area contributed by atoms with Gasteiger partial charge in [-0.3, -0.25) is 4.55 Å². The van der Waals surface area contributed by atoms with E-state index in [0.29, 0.717) is 6.42 Å². The average Bonchev–Trinajstić information content (AvgIpc) is 2.30. The normalized spacial score (nSPS) is 14.9. The highest BCUT2D eigenvalue weighted by Gasteiger charge is 2.37. The van der Waals surface area contributed by atoms with Gasteiger partial charge in [-0.25, -0.2) is 4.79 Å². The number of ether oxygens (including phenoxy) is 2. The molecular weight excluding hydrogens is 284 g/mol. The first kappa shape index (κ1) is 19.1. The topological polar surface area (TPSA) is 89.9 Å². The minimum Gasteiger partial charge on any atom is -0.460 e. The lowest BCUT2D eigenvalue weighted by atomic mass is 9.89. The minimum atomic E-state index is -4.15. The van der Waals surface area contributed by atoms with Crippen LogP contribution >= 0.6 is 0 Å². The number of carbonyl (C=O) groups excluding carboxylic acids is 1. The van der Waals surface area contributed by atoms with Crippen LogP contribution in [0.15, 0.2) is 12.2 Å². The molecule has 0 rings (SSSR count). The van der Waals surface area contributed by atoms with Gasteiger partial charge in [-0.2, -0.15) is 8.42 Å². The van der Waals surface area contributed by atoms with Crippen LogP contribution in [0.5, 0.6) is 0 Å². The molecule has 118 valence electrons. The van der Waals surface area contributed by atoms with Gasteiger partial charge in [0.2, 0.25) is 0 Å². The van der Waals surface area contributed by atoms with E-state index >= 15 is 0 Å². The van der Waals surface area contributed by atoms with Gasteiger partial charge in [0.05, 0.1) is 12.2 Å². The molecule has 0 aliphatic carbocycles. The molecule has 0 amide bonds. The standard InChI is InChI=1S/C13H24O6S/c1-6-13(11(4)5,9-20(15,16)17)19-8-7-18-12(14)10(2)3/h11H,2,6-9H2,1,3-5H3,(H,15,16,17). The Kier molecular flexibility index (Phi) is 7.40. The molecule has 0 saturated heterocycles. The Bertz CT molecular complexity index is 440. The van der Waals surface area contributed by atoms with Crippen molar-refractivity contribution in [3.8, 4) is 0 Å². The van der Waals surface area contributed by atoms with Gasteiger partial charge >= 0.3 is 5.97 Å². The Hall–Kier alpha value is -0.920. The summed E-state index contributed by atoms with van der Waals surface area (Å²) in [4.78, 5) is 11.2. The molecule has 0 bridgehead atoms. The van der Waals surface area contributed by atoms with Crippen molar-refractivity contribution < 1.29 is 27.2 Å². The first-order valence-corrected chi connectivity index (χ1v) is 8.06. The van der Waals surface area contributed by atoms with Crippen molar-refractivity contribution in [1.29, 1.82) is 0 Å². The molecule has 0 aromatic carbocycles. The van der Waals surface area contributed by atoms with Gasteiger partial charge in [-0.15, -0.1) is 0 Å². The Balaban J connectivity index is 4.61. The first-order valence-electron chi connectivity index (χ1n) is 6.46. The lowest BCUT2D eigenvalue weighted by Gasteiger charge is -2.35. The summed E-state index contributed by atoms with van der Waals surface area (Å²) in [5, 5.41) is 0. The first-order chi connectivity index (χ1) is 9.04. The van der Waals surface area contributed by atoms with Crippen LogP contribution in [-0.2, 0) is 24.4 Å². The summed E-state index contributed by atoms with van der Waals surface area (Å²) in [6.07, 6.45) is 0.416. The van der Waals surface area contributed by atoms with Gasteiger partial charge in [0.1, 0.15) is 12.4 Å². The van der Waals surface area contributed by atoms with Crippen molar-refractivity contribution in [3.63, 3.8) is 0 Å². The van der Waals surface area contributed by atoms with Gasteiger partial charge in [0.15, 0.2) is 0 Å². The van der Waals surface area contributed by atoms with Crippen LogP contribution in [0.4, 0.5) is 0 Å². The smallest absolute Gasteiger partial charge is 0.333 e. The van der Waals surface area contributed by atoms with E-state index in [0.717, 1.165) is 0 Å². The zero-order chi connectivity index (χ0) is 16.0. The van der Waals surface area contributed by atoms with E-state index in [9.17, 15) is 13.2 Å². The molecule has 0 heterocycles. The van der Waals surface area contributed by atoms with E-state index in [-0.39, 0.29) is 24.7 Å². The third-order valence-electron chi connectivity index (χ3n) is 3.13. The SMILES string of the molecule is C=C(C)C(=O)OCCOC(CC)(CS(=O)(=O)O)C(C)C.